The Morgan fingerprint density at radius 3 is 3.07 bits per heavy atom. The van der Waals surface area contributed by atoms with Crippen LogP contribution in [-0.2, 0) is 13.0 Å². The normalized spacial score (nSPS) is 10.7. The molecule has 0 saturated carbocycles. The van der Waals surface area contributed by atoms with Crippen molar-refractivity contribution in [2.45, 2.75) is 13.0 Å². The fourth-order valence-electron chi connectivity index (χ4n) is 1.07. The lowest BCUT2D eigenvalue weighted by Crippen LogP contribution is -2.16. The zero-order valence-corrected chi connectivity index (χ0v) is 9.38. The van der Waals surface area contributed by atoms with Gasteiger partial charge in [-0.25, -0.2) is 4.98 Å². The van der Waals surface area contributed by atoms with Crippen molar-refractivity contribution in [3.63, 3.8) is 0 Å². The highest BCUT2D eigenvalue weighted by Gasteiger charge is 2.00. The summed E-state index contributed by atoms with van der Waals surface area (Å²) in [4.78, 5) is 8.04. The maximum Gasteiger partial charge on any atom is 0.227 e. The van der Waals surface area contributed by atoms with Crippen LogP contribution in [0.2, 0.25) is 4.34 Å². The minimum absolute atomic E-state index is 0.639. The lowest BCUT2D eigenvalue weighted by atomic mass is 10.4. The van der Waals surface area contributed by atoms with Crippen molar-refractivity contribution in [3.8, 4) is 0 Å². The van der Waals surface area contributed by atoms with E-state index in [2.05, 4.69) is 20.4 Å². The van der Waals surface area contributed by atoms with Crippen molar-refractivity contribution in [2.24, 2.45) is 0 Å². The van der Waals surface area contributed by atoms with Crippen LogP contribution in [0.4, 0.5) is 0 Å². The summed E-state index contributed by atoms with van der Waals surface area (Å²) in [7, 11) is 0. The molecule has 0 aromatic carbocycles. The van der Waals surface area contributed by atoms with Crippen LogP contribution < -0.4 is 5.32 Å². The lowest BCUT2D eigenvalue weighted by Gasteiger charge is -1.98. The van der Waals surface area contributed by atoms with Crippen molar-refractivity contribution in [2.75, 3.05) is 6.54 Å². The Morgan fingerprint density at radius 2 is 2.40 bits per heavy atom. The highest BCUT2D eigenvalue weighted by molar-refractivity contribution is 7.15. The van der Waals surface area contributed by atoms with E-state index in [4.69, 9.17) is 16.1 Å². The van der Waals surface area contributed by atoms with E-state index in [1.165, 1.54) is 17.7 Å². The van der Waals surface area contributed by atoms with E-state index in [1.807, 2.05) is 0 Å². The number of hydrogen-bond acceptors (Lipinski definition) is 6. The number of nitrogens with zero attached hydrogens (tertiary/aromatic N) is 3. The number of halogens is 1. The van der Waals surface area contributed by atoms with Gasteiger partial charge in [0.25, 0.3) is 0 Å². The highest BCUT2D eigenvalue weighted by atomic mass is 35.5. The van der Waals surface area contributed by atoms with Gasteiger partial charge in [-0.2, -0.15) is 4.98 Å². The molecule has 2 heterocycles. The molecule has 0 fully saturated rings. The monoisotopic (exact) mass is 244 g/mol. The Bertz CT molecular complexity index is 402. The van der Waals surface area contributed by atoms with Gasteiger partial charge in [0, 0.05) is 19.5 Å². The Hall–Kier alpha value is -0.980. The second-order valence-electron chi connectivity index (χ2n) is 2.82. The minimum Gasteiger partial charge on any atom is -0.340 e. The molecular weight excluding hydrogens is 236 g/mol. The van der Waals surface area contributed by atoms with Gasteiger partial charge in [0.05, 0.1) is 6.20 Å². The van der Waals surface area contributed by atoms with Crippen LogP contribution >= 0.6 is 22.9 Å². The maximum absolute atomic E-state index is 5.75. The molecule has 0 aliphatic carbocycles. The van der Waals surface area contributed by atoms with Gasteiger partial charge in [0.2, 0.25) is 5.89 Å². The SMILES string of the molecule is Clc1cnc(CNCCc2ncno2)s1. The number of nitrogens with one attached hydrogen (secondary N) is 1. The third-order valence-electron chi connectivity index (χ3n) is 1.72. The number of hydrogen-bond donors (Lipinski definition) is 1. The van der Waals surface area contributed by atoms with Gasteiger partial charge in [-0.15, -0.1) is 11.3 Å². The number of thiazole rings is 1. The minimum atomic E-state index is 0.639. The quantitative estimate of drug-likeness (QED) is 0.808. The molecule has 0 unspecified atom stereocenters. The third kappa shape index (κ3) is 3.26. The molecule has 0 saturated heterocycles. The van der Waals surface area contributed by atoms with Crippen LogP contribution in [0, 0.1) is 0 Å². The molecule has 0 aliphatic rings. The summed E-state index contributed by atoms with van der Waals surface area (Å²) in [6.07, 6.45) is 3.77. The highest BCUT2D eigenvalue weighted by Crippen LogP contribution is 2.17. The first-order valence-corrected chi connectivity index (χ1v) is 5.60. The zero-order chi connectivity index (χ0) is 10.5. The van der Waals surface area contributed by atoms with Crippen LogP contribution in [0.15, 0.2) is 17.0 Å². The predicted molar refractivity (Wildman–Crippen MR) is 56.8 cm³/mol. The number of aromatic nitrogens is 3. The first-order chi connectivity index (χ1) is 7.34. The molecule has 0 bridgehead atoms. The fraction of sp³-hybridized carbons (Fsp3) is 0.375. The van der Waals surface area contributed by atoms with Gasteiger partial charge in [0.1, 0.15) is 9.34 Å². The van der Waals surface area contributed by atoms with E-state index in [1.54, 1.807) is 6.20 Å². The van der Waals surface area contributed by atoms with Crippen molar-refractivity contribution in [3.05, 3.63) is 27.8 Å². The standard InChI is InChI=1S/C8H9ClN4OS/c9-6-3-11-8(15-6)4-10-2-1-7-12-5-13-14-7/h3,5,10H,1-2,4H2. The van der Waals surface area contributed by atoms with E-state index in [0.717, 1.165) is 18.0 Å². The average Bonchev–Trinajstić information content (AvgIpc) is 2.84. The summed E-state index contributed by atoms with van der Waals surface area (Å²) in [5.41, 5.74) is 0. The lowest BCUT2D eigenvalue weighted by molar-refractivity contribution is 0.375. The molecule has 2 rings (SSSR count). The Kier molecular flexibility index (Phi) is 3.65. The van der Waals surface area contributed by atoms with E-state index in [-0.39, 0.29) is 0 Å². The average molecular weight is 245 g/mol. The van der Waals surface area contributed by atoms with Crippen molar-refractivity contribution >= 4 is 22.9 Å². The second kappa shape index (κ2) is 5.20. The molecule has 2 aromatic rings. The molecule has 1 N–H and O–H groups in total. The first-order valence-electron chi connectivity index (χ1n) is 4.41. The summed E-state index contributed by atoms with van der Waals surface area (Å²) in [6.45, 7) is 1.49. The summed E-state index contributed by atoms with van der Waals surface area (Å²) in [5, 5.41) is 7.71. The van der Waals surface area contributed by atoms with Crippen LogP contribution in [0.1, 0.15) is 10.9 Å². The molecule has 15 heavy (non-hydrogen) atoms. The molecule has 0 amide bonds. The Labute approximate surface area is 95.5 Å². The summed E-state index contributed by atoms with van der Waals surface area (Å²) in [6, 6.07) is 0. The Morgan fingerprint density at radius 1 is 1.47 bits per heavy atom. The second-order valence-corrected chi connectivity index (χ2v) is 4.57. The first kappa shape index (κ1) is 10.5. The van der Waals surface area contributed by atoms with Gasteiger partial charge in [0.15, 0.2) is 6.33 Å². The predicted octanol–water partition coefficient (Wildman–Crippen LogP) is 1.51. The molecular formula is C8H9ClN4OS. The van der Waals surface area contributed by atoms with Gasteiger partial charge in [-0.1, -0.05) is 16.8 Å². The topological polar surface area (TPSA) is 63.8 Å². The summed E-state index contributed by atoms with van der Waals surface area (Å²) < 4.78 is 5.57. The molecule has 0 atom stereocenters. The van der Waals surface area contributed by atoms with Gasteiger partial charge in [-0.3, -0.25) is 0 Å². The van der Waals surface area contributed by atoms with Crippen molar-refractivity contribution in [1.82, 2.24) is 20.4 Å². The van der Waals surface area contributed by atoms with Crippen LogP contribution in [0.5, 0.6) is 0 Å². The maximum atomic E-state index is 5.75. The largest absolute Gasteiger partial charge is 0.340 e. The fourth-order valence-corrected chi connectivity index (χ4v) is 1.99. The molecule has 0 aliphatic heterocycles. The van der Waals surface area contributed by atoms with Crippen LogP contribution in [0.25, 0.3) is 0 Å². The van der Waals surface area contributed by atoms with E-state index in [9.17, 15) is 0 Å². The van der Waals surface area contributed by atoms with Crippen molar-refractivity contribution in [1.29, 1.82) is 0 Å². The van der Waals surface area contributed by atoms with Crippen LogP contribution in [0.3, 0.4) is 0 Å². The van der Waals surface area contributed by atoms with Gasteiger partial charge < -0.3 is 9.84 Å². The number of rotatable bonds is 5. The molecule has 0 radical (unpaired) electrons. The third-order valence-corrected chi connectivity index (χ3v) is 2.84. The molecule has 5 nitrogen and oxygen atoms in total. The Balaban J connectivity index is 1.67. The molecule has 2 aromatic heterocycles. The molecule has 7 heteroatoms. The van der Waals surface area contributed by atoms with E-state index >= 15 is 0 Å². The van der Waals surface area contributed by atoms with E-state index in [0.29, 0.717) is 16.8 Å². The van der Waals surface area contributed by atoms with Gasteiger partial charge >= 0.3 is 0 Å². The van der Waals surface area contributed by atoms with Crippen LogP contribution in [-0.4, -0.2) is 21.7 Å². The smallest absolute Gasteiger partial charge is 0.227 e. The van der Waals surface area contributed by atoms with Crippen molar-refractivity contribution < 1.29 is 4.52 Å². The zero-order valence-electron chi connectivity index (χ0n) is 7.81. The molecule has 80 valence electrons. The van der Waals surface area contributed by atoms with Gasteiger partial charge in [-0.05, 0) is 0 Å². The summed E-state index contributed by atoms with van der Waals surface area (Å²) >= 11 is 7.23. The molecule has 0 spiro atoms. The summed E-state index contributed by atoms with van der Waals surface area (Å²) in [5.74, 6) is 0.639. The van der Waals surface area contributed by atoms with E-state index < -0.39 is 0 Å².